The van der Waals surface area contributed by atoms with Crippen LogP contribution in [0, 0.1) is 0 Å². The summed E-state index contributed by atoms with van der Waals surface area (Å²) in [6.45, 7) is 2.06. The molecule has 0 spiro atoms. The van der Waals surface area contributed by atoms with Gasteiger partial charge in [0.05, 0.1) is 17.6 Å². The van der Waals surface area contributed by atoms with Crippen molar-refractivity contribution < 1.29 is 18.3 Å². The van der Waals surface area contributed by atoms with Gasteiger partial charge in [0.2, 0.25) is 11.8 Å². The number of thioether (sulfide) groups is 1. The summed E-state index contributed by atoms with van der Waals surface area (Å²) in [5, 5.41) is 2.80. The highest BCUT2D eigenvalue weighted by molar-refractivity contribution is 7.99. The van der Waals surface area contributed by atoms with E-state index in [1.807, 2.05) is 6.92 Å². The molecule has 0 bridgehead atoms. The van der Waals surface area contributed by atoms with Gasteiger partial charge in [0.25, 0.3) is 5.76 Å². The molecule has 0 aliphatic carbocycles. The molecule has 0 aliphatic heterocycles. The third kappa shape index (κ3) is 4.10. The maximum absolute atomic E-state index is 12.8. The molecule has 0 atom stereocenters. The van der Waals surface area contributed by atoms with Gasteiger partial charge in [-0.15, -0.1) is 0 Å². The van der Waals surface area contributed by atoms with Crippen LogP contribution in [-0.4, -0.2) is 32.8 Å². The number of nitrogens with one attached hydrogen (secondary N) is 1. The Balaban J connectivity index is 1.85. The number of rotatable bonds is 7. The highest BCUT2D eigenvalue weighted by atomic mass is 32.2. The van der Waals surface area contributed by atoms with E-state index >= 15 is 0 Å². The first-order chi connectivity index (χ1) is 12.6. The van der Waals surface area contributed by atoms with Gasteiger partial charge in [-0.1, -0.05) is 12.1 Å². The SMILES string of the molecule is CCOc1ncccc1NC(=O)Cn1c(SC(F)F)nc2ccccc21. The largest absolute Gasteiger partial charge is 0.476 e. The number of anilines is 1. The molecule has 0 unspecified atom stereocenters. The summed E-state index contributed by atoms with van der Waals surface area (Å²) in [5.41, 5.74) is 1.59. The number of carbonyl (C=O) groups is 1. The molecule has 0 saturated heterocycles. The Morgan fingerprint density at radius 3 is 2.88 bits per heavy atom. The predicted molar refractivity (Wildman–Crippen MR) is 95.6 cm³/mol. The number of hydrogen-bond acceptors (Lipinski definition) is 5. The summed E-state index contributed by atoms with van der Waals surface area (Å²) in [6, 6.07) is 10.3. The molecule has 26 heavy (non-hydrogen) atoms. The van der Waals surface area contributed by atoms with Gasteiger partial charge in [0.15, 0.2) is 5.16 Å². The zero-order valence-electron chi connectivity index (χ0n) is 13.9. The normalized spacial score (nSPS) is 11.1. The topological polar surface area (TPSA) is 69.0 Å². The Morgan fingerprint density at radius 1 is 1.31 bits per heavy atom. The molecule has 6 nitrogen and oxygen atoms in total. The van der Waals surface area contributed by atoms with Crippen LogP contribution in [0.4, 0.5) is 14.5 Å². The van der Waals surface area contributed by atoms with E-state index in [9.17, 15) is 13.6 Å². The second-order valence-electron chi connectivity index (χ2n) is 5.19. The molecule has 1 aromatic carbocycles. The Labute approximate surface area is 152 Å². The van der Waals surface area contributed by atoms with Crippen molar-refractivity contribution in [2.45, 2.75) is 24.4 Å². The average molecular weight is 378 g/mol. The molecule has 3 rings (SSSR count). The van der Waals surface area contributed by atoms with Crippen LogP contribution in [0.1, 0.15) is 6.92 Å². The standard InChI is InChI=1S/C17H16F2N4O2S/c1-2-25-15-12(7-5-9-20-15)21-14(24)10-23-13-8-4-3-6-11(13)22-17(23)26-16(18)19/h3-9,16H,2,10H2,1H3,(H,21,24). The minimum absolute atomic E-state index is 0.0903. The van der Waals surface area contributed by atoms with Crippen LogP contribution < -0.4 is 10.1 Å². The van der Waals surface area contributed by atoms with Crippen molar-refractivity contribution in [3.8, 4) is 5.88 Å². The number of benzene rings is 1. The fraction of sp³-hybridized carbons (Fsp3) is 0.235. The molecule has 0 aliphatic rings. The first-order valence-electron chi connectivity index (χ1n) is 7.86. The molecule has 2 heterocycles. The Bertz CT molecular complexity index is 917. The first kappa shape index (κ1) is 18.1. The summed E-state index contributed by atoms with van der Waals surface area (Å²) >= 11 is 0.312. The molecule has 136 valence electrons. The van der Waals surface area contributed by atoms with Gasteiger partial charge in [-0.2, -0.15) is 8.78 Å². The van der Waals surface area contributed by atoms with Crippen LogP contribution in [0.2, 0.25) is 0 Å². The number of nitrogens with zero attached hydrogens (tertiary/aromatic N) is 3. The van der Waals surface area contributed by atoms with Crippen LogP contribution in [-0.2, 0) is 11.3 Å². The van der Waals surface area contributed by atoms with Crippen LogP contribution in [0.3, 0.4) is 0 Å². The number of alkyl halides is 2. The second-order valence-corrected chi connectivity index (χ2v) is 6.14. The molecule has 1 amide bonds. The molecule has 3 aromatic rings. The van der Waals surface area contributed by atoms with Gasteiger partial charge in [0, 0.05) is 6.20 Å². The van der Waals surface area contributed by atoms with Gasteiger partial charge in [-0.3, -0.25) is 4.79 Å². The molecule has 9 heteroatoms. The maximum atomic E-state index is 12.8. The number of aromatic nitrogens is 3. The monoisotopic (exact) mass is 378 g/mol. The summed E-state index contributed by atoms with van der Waals surface area (Å²) in [7, 11) is 0. The lowest BCUT2D eigenvalue weighted by Crippen LogP contribution is -2.20. The number of halogens is 2. The van der Waals surface area contributed by atoms with Gasteiger partial charge >= 0.3 is 0 Å². The number of amides is 1. The summed E-state index contributed by atoms with van der Waals surface area (Å²) < 4.78 is 32.5. The Hall–Kier alpha value is -2.68. The van der Waals surface area contributed by atoms with E-state index in [0.717, 1.165) is 0 Å². The summed E-state index contributed by atoms with van der Waals surface area (Å²) in [6.07, 6.45) is 1.56. The quantitative estimate of drug-likeness (QED) is 0.634. The van der Waals surface area contributed by atoms with Crippen molar-refractivity contribution in [3.05, 3.63) is 42.6 Å². The zero-order valence-corrected chi connectivity index (χ0v) is 14.7. The van der Waals surface area contributed by atoms with Crippen molar-refractivity contribution in [1.29, 1.82) is 0 Å². The molecule has 0 fully saturated rings. The predicted octanol–water partition coefficient (Wildman–Crippen LogP) is 3.78. The van der Waals surface area contributed by atoms with E-state index in [1.54, 1.807) is 42.6 Å². The van der Waals surface area contributed by atoms with E-state index in [1.165, 1.54) is 4.57 Å². The number of imidazole rings is 1. The third-order valence-corrected chi connectivity index (χ3v) is 4.14. The van der Waals surface area contributed by atoms with Crippen molar-refractivity contribution in [2.24, 2.45) is 0 Å². The molecular formula is C17H16F2N4O2S. The smallest absolute Gasteiger partial charge is 0.291 e. The van der Waals surface area contributed by atoms with E-state index in [0.29, 0.717) is 41.0 Å². The van der Waals surface area contributed by atoms with E-state index < -0.39 is 11.7 Å². The van der Waals surface area contributed by atoms with E-state index in [-0.39, 0.29) is 11.7 Å². The van der Waals surface area contributed by atoms with Crippen molar-refractivity contribution in [1.82, 2.24) is 14.5 Å². The van der Waals surface area contributed by atoms with Gasteiger partial charge < -0.3 is 14.6 Å². The Morgan fingerprint density at radius 2 is 2.12 bits per heavy atom. The van der Waals surface area contributed by atoms with Crippen molar-refractivity contribution >= 4 is 34.4 Å². The number of pyridine rings is 1. The third-order valence-electron chi connectivity index (χ3n) is 3.44. The highest BCUT2D eigenvalue weighted by Gasteiger charge is 2.18. The number of para-hydroxylation sites is 2. The lowest BCUT2D eigenvalue weighted by molar-refractivity contribution is -0.116. The number of hydrogen-bond donors (Lipinski definition) is 1. The molecule has 1 N–H and O–H groups in total. The van der Waals surface area contributed by atoms with Crippen LogP contribution in [0.15, 0.2) is 47.8 Å². The minimum Gasteiger partial charge on any atom is -0.476 e. The fourth-order valence-corrected chi connectivity index (χ4v) is 3.05. The molecule has 0 saturated carbocycles. The van der Waals surface area contributed by atoms with Crippen molar-refractivity contribution in [2.75, 3.05) is 11.9 Å². The Kier molecular flexibility index (Phi) is 5.67. The van der Waals surface area contributed by atoms with Gasteiger partial charge in [0.1, 0.15) is 12.2 Å². The van der Waals surface area contributed by atoms with Gasteiger partial charge in [-0.25, -0.2) is 9.97 Å². The lowest BCUT2D eigenvalue weighted by atomic mass is 10.3. The molecule has 2 aromatic heterocycles. The highest BCUT2D eigenvalue weighted by Crippen LogP contribution is 2.28. The average Bonchev–Trinajstić information content (AvgIpc) is 2.93. The van der Waals surface area contributed by atoms with Crippen LogP contribution in [0.25, 0.3) is 11.0 Å². The summed E-state index contributed by atoms with van der Waals surface area (Å²) in [5.74, 6) is -2.71. The summed E-state index contributed by atoms with van der Waals surface area (Å²) in [4.78, 5) is 20.7. The lowest BCUT2D eigenvalue weighted by Gasteiger charge is -2.12. The number of carbonyl (C=O) groups excluding carboxylic acids is 1. The second kappa shape index (κ2) is 8.13. The van der Waals surface area contributed by atoms with E-state index in [4.69, 9.17) is 4.74 Å². The number of fused-ring (bicyclic) bond motifs is 1. The van der Waals surface area contributed by atoms with Crippen LogP contribution in [0.5, 0.6) is 5.88 Å². The van der Waals surface area contributed by atoms with Crippen LogP contribution >= 0.6 is 11.8 Å². The number of ether oxygens (including phenoxy) is 1. The maximum Gasteiger partial charge on any atom is 0.291 e. The van der Waals surface area contributed by atoms with Crippen molar-refractivity contribution in [3.63, 3.8) is 0 Å². The molecule has 0 radical (unpaired) electrons. The zero-order chi connectivity index (χ0) is 18.5. The van der Waals surface area contributed by atoms with E-state index in [2.05, 4.69) is 15.3 Å². The molecular weight excluding hydrogens is 362 g/mol. The minimum atomic E-state index is -2.63. The first-order valence-corrected chi connectivity index (χ1v) is 8.74. The van der Waals surface area contributed by atoms with Gasteiger partial charge in [-0.05, 0) is 43.0 Å². The fourth-order valence-electron chi connectivity index (χ4n) is 2.45.